The fraction of sp³-hybridized carbons (Fsp3) is 0.0714. The fourth-order valence-corrected chi connectivity index (χ4v) is 2.87. The number of carbonyl (C=O) groups excluding carboxylic acids is 1. The molecule has 1 N–H and O–H groups in total. The van der Waals surface area contributed by atoms with E-state index in [1.54, 1.807) is 0 Å². The zero-order valence-corrected chi connectivity index (χ0v) is 13.1. The minimum Gasteiger partial charge on any atom is -0.410 e. The number of aromatic nitrogens is 2. The molecule has 1 amide bonds. The normalized spacial score (nSPS) is 10.7. The zero-order valence-electron chi connectivity index (χ0n) is 11.5. The molecule has 0 aliphatic rings. The first-order chi connectivity index (χ1) is 11.1. The van der Waals surface area contributed by atoms with Crippen molar-refractivity contribution in [2.45, 2.75) is 5.22 Å². The van der Waals surface area contributed by atoms with Gasteiger partial charge in [0.25, 0.3) is 11.1 Å². The lowest BCUT2D eigenvalue weighted by Crippen LogP contribution is -2.14. The molecule has 0 fully saturated rings. The maximum absolute atomic E-state index is 13.1. The number of amides is 1. The number of anilines is 1. The lowest BCUT2D eigenvalue weighted by molar-refractivity contribution is -0.113. The van der Waals surface area contributed by atoms with Crippen molar-refractivity contribution in [1.29, 1.82) is 0 Å². The van der Waals surface area contributed by atoms with Gasteiger partial charge in [0.05, 0.1) is 10.6 Å². The molecule has 118 valence electrons. The summed E-state index contributed by atoms with van der Waals surface area (Å²) in [6, 6.07) is 6.86. The van der Waals surface area contributed by atoms with E-state index in [4.69, 9.17) is 4.42 Å². The summed E-state index contributed by atoms with van der Waals surface area (Å²) in [5, 5.41) is 12.3. The van der Waals surface area contributed by atoms with Gasteiger partial charge in [-0.15, -0.1) is 21.5 Å². The van der Waals surface area contributed by atoms with Gasteiger partial charge >= 0.3 is 0 Å². The van der Waals surface area contributed by atoms with Gasteiger partial charge in [0, 0.05) is 11.8 Å². The largest absolute Gasteiger partial charge is 0.410 e. The average Bonchev–Trinajstić information content (AvgIpc) is 3.19. The second-order valence-corrected chi connectivity index (χ2v) is 6.19. The van der Waals surface area contributed by atoms with Crippen LogP contribution in [0.25, 0.3) is 10.8 Å². The quantitative estimate of drug-likeness (QED) is 0.707. The van der Waals surface area contributed by atoms with E-state index in [1.807, 2.05) is 17.5 Å². The molecule has 0 unspecified atom stereocenters. The Bertz CT molecular complexity index is 821. The number of hydrogen-bond donors (Lipinski definition) is 1. The second-order valence-electron chi connectivity index (χ2n) is 4.32. The molecule has 3 rings (SSSR count). The van der Waals surface area contributed by atoms with Crippen LogP contribution in [-0.4, -0.2) is 21.9 Å². The Morgan fingerprint density at radius 3 is 2.87 bits per heavy atom. The van der Waals surface area contributed by atoms with Gasteiger partial charge < -0.3 is 9.73 Å². The predicted octanol–water partition coefficient (Wildman–Crippen LogP) is 3.81. The van der Waals surface area contributed by atoms with Gasteiger partial charge in [-0.3, -0.25) is 4.79 Å². The first-order valence-electron chi connectivity index (χ1n) is 6.37. The van der Waals surface area contributed by atoms with Crippen molar-refractivity contribution in [3.8, 4) is 10.8 Å². The lowest BCUT2D eigenvalue weighted by Gasteiger charge is -2.04. The number of halogens is 2. The van der Waals surface area contributed by atoms with Crippen LogP contribution in [0.3, 0.4) is 0 Å². The average molecular weight is 353 g/mol. The molecular formula is C14H9F2N3O2S2. The van der Waals surface area contributed by atoms with E-state index in [1.165, 1.54) is 17.4 Å². The van der Waals surface area contributed by atoms with E-state index in [0.717, 1.165) is 28.8 Å². The molecule has 0 saturated heterocycles. The summed E-state index contributed by atoms with van der Waals surface area (Å²) in [7, 11) is 0. The Balaban J connectivity index is 1.55. The van der Waals surface area contributed by atoms with Gasteiger partial charge in [0.1, 0.15) is 0 Å². The molecule has 5 nitrogen and oxygen atoms in total. The van der Waals surface area contributed by atoms with E-state index >= 15 is 0 Å². The smallest absolute Gasteiger partial charge is 0.277 e. The fourth-order valence-electron chi connectivity index (χ4n) is 1.67. The number of nitrogens with one attached hydrogen (secondary N) is 1. The molecule has 1 aromatic carbocycles. The van der Waals surface area contributed by atoms with Crippen LogP contribution < -0.4 is 5.32 Å². The highest BCUT2D eigenvalue weighted by Crippen LogP contribution is 2.26. The summed E-state index contributed by atoms with van der Waals surface area (Å²) < 4.78 is 31.3. The van der Waals surface area contributed by atoms with Crippen LogP contribution >= 0.6 is 23.1 Å². The van der Waals surface area contributed by atoms with Crippen molar-refractivity contribution in [2.24, 2.45) is 0 Å². The molecule has 3 aromatic rings. The standard InChI is InChI=1S/C14H9F2N3O2S2/c15-9-4-3-8(6-10(9)16)17-12(20)7-23-14-19-18-13(21-14)11-2-1-5-22-11/h1-6H,7H2,(H,17,20). The van der Waals surface area contributed by atoms with Crippen LogP contribution in [-0.2, 0) is 4.79 Å². The number of hydrogen-bond acceptors (Lipinski definition) is 6. The van der Waals surface area contributed by atoms with Crippen molar-refractivity contribution >= 4 is 34.7 Å². The molecular weight excluding hydrogens is 344 g/mol. The number of benzene rings is 1. The summed E-state index contributed by atoms with van der Waals surface area (Å²) in [5.41, 5.74) is 0.180. The van der Waals surface area contributed by atoms with E-state index in [9.17, 15) is 13.6 Å². The maximum Gasteiger partial charge on any atom is 0.277 e. The van der Waals surface area contributed by atoms with E-state index < -0.39 is 17.5 Å². The summed E-state index contributed by atoms with van der Waals surface area (Å²) in [6.07, 6.45) is 0. The van der Waals surface area contributed by atoms with Crippen LogP contribution in [0, 0.1) is 11.6 Å². The molecule has 9 heteroatoms. The Morgan fingerprint density at radius 2 is 2.13 bits per heavy atom. The highest BCUT2D eigenvalue weighted by atomic mass is 32.2. The van der Waals surface area contributed by atoms with Gasteiger partial charge in [-0.1, -0.05) is 17.8 Å². The first-order valence-corrected chi connectivity index (χ1v) is 8.23. The van der Waals surface area contributed by atoms with Crippen LogP contribution in [0.15, 0.2) is 45.4 Å². The van der Waals surface area contributed by atoms with Gasteiger partial charge in [0.2, 0.25) is 5.91 Å². The van der Waals surface area contributed by atoms with Gasteiger partial charge in [-0.2, -0.15) is 0 Å². The van der Waals surface area contributed by atoms with Crippen LogP contribution in [0.4, 0.5) is 14.5 Å². The number of carbonyl (C=O) groups is 1. The molecule has 2 aromatic heterocycles. The first kappa shape index (κ1) is 15.6. The molecule has 0 radical (unpaired) electrons. The van der Waals surface area contributed by atoms with Crippen molar-refractivity contribution in [3.05, 3.63) is 47.3 Å². The summed E-state index contributed by atoms with van der Waals surface area (Å²) in [4.78, 5) is 12.6. The molecule has 23 heavy (non-hydrogen) atoms. The summed E-state index contributed by atoms with van der Waals surface area (Å²) in [6.45, 7) is 0. The third-order valence-corrected chi connectivity index (χ3v) is 4.34. The maximum atomic E-state index is 13.1. The van der Waals surface area contributed by atoms with Crippen molar-refractivity contribution in [1.82, 2.24) is 10.2 Å². The number of thioether (sulfide) groups is 1. The number of rotatable bonds is 5. The third kappa shape index (κ3) is 3.93. The molecule has 0 saturated carbocycles. The van der Waals surface area contributed by atoms with E-state index in [2.05, 4.69) is 15.5 Å². The molecule has 0 aliphatic heterocycles. The van der Waals surface area contributed by atoms with E-state index in [0.29, 0.717) is 5.89 Å². The van der Waals surface area contributed by atoms with Gasteiger partial charge in [0.15, 0.2) is 11.6 Å². The summed E-state index contributed by atoms with van der Waals surface area (Å²) >= 11 is 2.52. The Kier molecular flexibility index (Phi) is 4.68. The Hall–Kier alpha value is -2.26. The lowest BCUT2D eigenvalue weighted by atomic mass is 10.3. The summed E-state index contributed by atoms with van der Waals surface area (Å²) in [5.74, 6) is -1.98. The predicted molar refractivity (Wildman–Crippen MR) is 83.3 cm³/mol. The monoisotopic (exact) mass is 353 g/mol. The van der Waals surface area contributed by atoms with Crippen molar-refractivity contribution in [2.75, 3.05) is 11.1 Å². The zero-order chi connectivity index (χ0) is 16.2. The Morgan fingerprint density at radius 1 is 1.26 bits per heavy atom. The Labute approximate surface area is 137 Å². The molecule has 2 heterocycles. The minimum atomic E-state index is -1.02. The molecule has 0 spiro atoms. The second kappa shape index (κ2) is 6.88. The van der Waals surface area contributed by atoms with E-state index in [-0.39, 0.29) is 16.7 Å². The molecule has 0 atom stereocenters. The molecule has 0 aliphatic carbocycles. The highest BCUT2D eigenvalue weighted by Gasteiger charge is 2.12. The SMILES string of the molecule is O=C(CSc1nnc(-c2cccs2)o1)Nc1ccc(F)c(F)c1. The van der Waals surface area contributed by atoms with Crippen LogP contribution in [0.5, 0.6) is 0 Å². The van der Waals surface area contributed by atoms with Crippen molar-refractivity contribution < 1.29 is 18.0 Å². The van der Waals surface area contributed by atoms with Crippen LogP contribution in [0.2, 0.25) is 0 Å². The van der Waals surface area contributed by atoms with Crippen molar-refractivity contribution in [3.63, 3.8) is 0 Å². The number of thiophene rings is 1. The molecule has 0 bridgehead atoms. The highest BCUT2D eigenvalue weighted by molar-refractivity contribution is 7.99. The van der Waals surface area contributed by atoms with Crippen LogP contribution in [0.1, 0.15) is 0 Å². The van der Waals surface area contributed by atoms with Gasteiger partial charge in [-0.25, -0.2) is 8.78 Å². The minimum absolute atomic E-state index is 0.00503. The number of nitrogens with zero attached hydrogens (tertiary/aromatic N) is 2. The third-order valence-electron chi connectivity index (χ3n) is 2.67. The van der Waals surface area contributed by atoms with Gasteiger partial charge in [-0.05, 0) is 23.6 Å². The topological polar surface area (TPSA) is 68.0 Å².